The molecule has 1 fully saturated rings. The Hall–Kier alpha value is -2.30. The first-order chi connectivity index (χ1) is 9.34. The zero-order chi connectivity index (χ0) is 13.1. The molecular weight excluding hydrogens is 242 g/mol. The van der Waals surface area contributed by atoms with Gasteiger partial charge in [-0.1, -0.05) is 23.4 Å². The summed E-state index contributed by atoms with van der Waals surface area (Å²) in [6, 6.07) is 11.9. The predicted octanol–water partition coefficient (Wildman–Crippen LogP) is 1.64. The second kappa shape index (κ2) is 5.14. The van der Waals surface area contributed by atoms with E-state index in [-0.39, 0.29) is 5.91 Å². The Morgan fingerprint density at radius 2 is 1.79 bits per heavy atom. The highest BCUT2D eigenvalue weighted by Crippen LogP contribution is 2.16. The molecule has 0 aliphatic carbocycles. The van der Waals surface area contributed by atoms with Crippen molar-refractivity contribution < 1.29 is 9.32 Å². The van der Waals surface area contributed by atoms with Crippen LogP contribution in [-0.4, -0.2) is 42.1 Å². The van der Waals surface area contributed by atoms with Crippen molar-refractivity contribution in [2.45, 2.75) is 0 Å². The molecule has 0 spiro atoms. The number of hydrogen-bond donors (Lipinski definition) is 0. The number of anilines is 1. The number of benzene rings is 1. The second-order valence-corrected chi connectivity index (χ2v) is 4.50. The van der Waals surface area contributed by atoms with Gasteiger partial charge in [-0.15, -0.1) is 0 Å². The lowest BCUT2D eigenvalue weighted by Crippen LogP contribution is -2.48. The van der Waals surface area contributed by atoms with Gasteiger partial charge in [0.25, 0.3) is 5.91 Å². The van der Waals surface area contributed by atoms with Gasteiger partial charge in [0.05, 0.1) is 0 Å². The van der Waals surface area contributed by atoms with Gasteiger partial charge in [-0.3, -0.25) is 4.79 Å². The highest BCUT2D eigenvalue weighted by atomic mass is 16.5. The minimum absolute atomic E-state index is 0.0542. The van der Waals surface area contributed by atoms with Gasteiger partial charge in [0.1, 0.15) is 6.26 Å². The van der Waals surface area contributed by atoms with Crippen LogP contribution < -0.4 is 4.90 Å². The number of carbonyl (C=O) groups excluding carboxylic acids is 1. The number of para-hydroxylation sites is 1. The molecule has 0 atom stereocenters. The molecule has 5 heteroatoms. The third-order valence-electron chi connectivity index (χ3n) is 3.35. The molecule has 3 rings (SSSR count). The zero-order valence-corrected chi connectivity index (χ0v) is 10.5. The summed E-state index contributed by atoms with van der Waals surface area (Å²) in [6.07, 6.45) is 1.42. The Balaban J connectivity index is 1.62. The third kappa shape index (κ3) is 2.45. The zero-order valence-electron chi connectivity index (χ0n) is 10.5. The number of amides is 1. The van der Waals surface area contributed by atoms with Crippen LogP contribution in [0.4, 0.5) is 5.69 Å². The van der Waals surface area contributed by atoms with Crippen LogP contribution in [0.3, 0.4) is 0 Å². The van der Waals surface area contributed by atoms with Crippen LogP contribution in [-0.2, 0) is 0 Å². The van der Waals surface area contributed by atoms with Crippen molar-refractivity contribution in [3.05, 3.63) is 48.4 Å². The second-order valence-electron chi connectivity index (χ2n) is 4.50. The molecule has 1 aliphatic heterocycles. The standard InChI is InChI=1S/C14H15N3O2/c18-14(13-6-11-19-15-13)17-9-7-16(8-10-17)12-4-2-1-3-5-12/h1-6,11H,7-10H2. The van der Waals surface area contributed by atoms with Crippen molar-refractivity contribution in [2.24, 2.45) is 0 Å². The van der Waals surface area contributed by atoms with E-state index in [1.807, 2.05) is 23.1 Å². The maximum absolute atomic E-state index is 12.1. The van der Waals surface area contributed by atoms with Crippen molar-refractivity contribution in [1.82, 2.24) is 10.1 Å². The lowest BCUT2D eigenvalue weighted by Gasteiger charge is -2.35. The highest BCUT2D eigenvalue weighted by Gasteiger charge is 2.23. The van der Waals surface area contributed by atoms with Crippen molar-refractivity contribution in [2.75, 3.05) is 31.1 Å². The summed E-state index contributed by atoms with van der Waals surface area (Å²) < 4.78 is 4.71. The van der Waals surface area contributed by atoms with Crippen LogP contribution in [0.1, 0.15) is 10.5 Å². The lowest BCUT2D eigenvalue weighted by atomic mass is 10.2. The minimum Gasteiger partial charge on any atom is -0.368 e. The summed E-state index contributed by atoms with van der Waals surface area (Å²) in [5, 5.41) is 3.69. The minimum atomic E-state index is -0.0542. The van der Waals surface area contributed by atoms with Crippen LogP contribution in [0.2, 0.25) is 0 Å². The summed E-state index contributed by atoms with van der Waals surface area (Å²) in [4.78, 5) is 16.2. The number of carbonyl (C=O) groups is 1. The molecule has 0 bridgehead atoms. The molecule has 1 aliphatic rings. The molecule has 1 aromatic heterocycles. The summed E-state index contributed by atoms with van der Waals surface area (Å²) >= 11 is 0. The molecular formula is C14H15N3O2. The summed E-state index contributed by atoms with van der Waals surface area (Å²) in [6.45, 7) is 3.10. The first-order valence-electron chi connectivity index (χ1n) is 6.34. The molecule has 1 aromatic carbocycles. The first-order valence-corrected chi connectivity index (χ1v) is 6.34. The monoisotopic (exact) mass is 257 g/mol. The van der Waals surface area contributed by atoms with E-state index in [4.69, 9.17) is 4.52 Å². The average Bonchev–Trinajstić information content (AvgIpc) is 3.02. The molecule has 5 nitrogen and oxygen atoms in total. The topological polar surface area (TPSA) is 49.6 Å². The molecule has 2 heterocycles. The van der Waals surface area contributed by atoms with E-state index in [0.29, 0.717) is 18.8 Å². The largest absolute Gasteiger partial charge is 0.368 e. The van der Waals surface area contributed by atoms with E-state index < -0.39 is 0 Å². The number of hydrogen-bond acceptors (Lipinski definition) is 4. The van der Waals surface area contributed by atoms with Crippen LogP contribution in [0.25, 0.3) is 0 Å². The lowest BCUT2D eigenvalue weighted by molar-refractivity contribution is 0.0736. The number of rotatable bonds is 2. The van der Waals surface area contributed by atoms with Crippen LogP contribution >= 0.6 is 0 Å². The van der Waals surface area contributed by atoms with Crippen molar-refractivity contribution in [3.63, 3.8) is 0 Å². The summed E-state index contributed by atoms with van der Waals surface area (Å²) in [5.41, 5.74) is 1.59. The van der Waals surface area contributed by atoms with Crippen LogP contribution in [0, 0.1) is 0 Å². The van der Waals surface area contributed by atoms with Gasteiger partial charge in [0.2, 0.25) is 0 Å². The maximum atomic E-state index is 12.1. The van der Waals surface area contributed by atoms with E-state index >= 15 is 0 Å². The fourth-order valence-electron chi connectivity index (χ4n) is 2.29. The molecule has 2 aromatic rings. The van der Waals surface area contributed by atoms with Gasteiger partial charge in [-0.25, -0.2) is 0 Å². The van der Waals surface area contributed by atoms with Crippen LogP contribution in [0.15, 0.2) is 47.2 Å². The van der Waals surface area contributed by atoms with Crippen molar-refractivity contribution in [1.29, 1.82) is 0 Å². The summed E-state index contributed by atoms with van der Waals surface area (Å²) in [5.74, 6) is -0.0542. The number of piperazine rings is 1. The molecule has 1 amide bonds. The van der Waals surface area contributed by atoms with Crippen molar-refractivity contribution >= 4 is 11.6 Å². The molecule has 19 heavy (non-hydrogen) atoms. The molecule has 0 saturated carbocycles. The molecule has 0 unspecified atom stereocenters. The molecule has 0 N–H and O–H groups in total. The van der Waals surface area contributed by atoms with Gasteiger partial charge in [-0.2, -0.15) is 0 Å². The number of nitrogens with zero attached hydrogens (tertiary/aromatic N) is 3. The Bertz CT molecular complexity index is 531. The van der Waals surface area contributed by atoms with Gasteiger partial charge in [0.15, 0.2) is 5.69 Å². The van der Waals surface area contributed by atoms with Gasteiger partial charge in [-0.05, 0) is 12.1 Å². The SMILES string of the molecule is O=C(c1ccon1)N1CCN(c2ccccc2)CC1. The Labute approximate surface area is 111 Å². The Kier molecular flexibility index (Phi) is 3.18. The van der Waals surface area contributed by atoms with E-state index in [9.17, 15) is 4.79 Å². The van der Waals surface area contributed by atoms with Gasteiger partial charge >= 0.3 is 0 Å². The summed E-state index contributed by atoms with van der Waals surface area (Å²) in [7, 11) is 0. The number of aromatic nitrogens is 1. The third-order valence-corrected chi connectivity index (χ3v) is 3.35. The highest BCUT2D eigenvalue weighted by molar-refractivity contribution is 5.92. The van der Waals surface area contributed by atoms with Crippen LogP contribution in [0.5, 0.6) is 0 Å². The van der Waals surface area contributed by atoms with Crippen molar-refractivity contribution in [3.8, 4) is 0 Å². The predicted molar refractivity (Wildman–Crippen MR) is 71.1 cm³/mol. The molecule has 1 saturated heterocycles. The molecule has 0 radical (unpaired) electrons. The van der Waals surface area contributed by atoms with E-state index in [1.165, 1.54) is 12.0 Å². The Morgan fingerprint density at radius 1 is 1.05 bits per heavy atom. The maximum Gasteiger partial charge on any atom is 0.276 e. The normalized spacial score (nSPS) is 15.6. The fraction of sp³-hybridized carbons (Fsp3) is 0.286. The first kappa shape index (κ1) is 11.8. The average molecular weight is 257 g/mol. The smallest absolute Gasteiger partial charge is 0.276 e. The Morgan fingerprint density at radius 3 is 2.42 bits per heavy atom. The molecule has 98 valence electrons. The fourth-order valence-corrected chi connectivity index (χ4v) is 2.29. The van der Waals surface area contributed by atoms with Gasteiger partial charge in [0, 0.05) is 37.9 Å². The van der Waals surface area contributed by atoms with E-state index in [0.717, 1.165) is 13.1 Å². The van der Waals surface area contributed by atoms with E-state index in [1.54, 1.807) is 6.07 Å². The van der Waals surface area contributed by atoms with Gasteiger partial charge < -0.3 is 14.3 Å². The quantitative estimate of drug-likeness (QED) is 0.820. The van der Waals surface area contributed by atoms with E-state index in [2.05, 4.69) is 22.2 Å².